The predicted octanol–water partition coefficient (Wildman–Crippen LogP) is 3.30. The minimum atomic E-state index is -1.27. The van der Waals surface area contributed by atoms with Crippen LogP contribution in [-0.4, -0.2) is 16.9 Å². The Balaban J connectivity index is 3.18. The molecule has 0 aromatic heterocycles. The van der Waals surface area contributed by atoms with Gasteiger partial charge in [-0.3, -0.25) is 4.79 Å². The van der Waals surface area contributed by atoms with Crippen molar-refractivity contribution < 1.29 is 19.1 Å². The Labute approximate surface area is 111 Å². The second-order valence-corrected chi connectivity index (χ2v) is 4.98. The molecule has 0 bridgehead atoms. The Bertz CT molecular complexity index is 513. The van der Waals surface area contributed by atoms with Crippen LogP contribution in [0.3, 0.4) is 0 Å². The van der Waals surface area contributed by atoms with Gasteiger partial charge in [0, 0.05) is 5.41 Å². The van der Waals surface area contributed by atoms with E-state index in [1.54, 1.807) is 13.8 Å². The van der Waals surface area contributed by atoms with Crippen LogP contribution in [0.15, 0.2) is 29.8 Å². The van der Waals surface area contributed by atoms with E-state index in [-0.39, 0.29) is 5.57 Å². The number of halogens is 1. The third-order valence-corrected chi connectivity index (χ3v) is 3.15. The van der Waals surface area contributed by atoms with Gasteiger partial charge < -0.3 is 5.11 Å². The first-order chi connectivity index (χ1) is 8.77. The van der Waals surface area contributed by atoms with Crippen LogP contribution in [0.4, 0.5) is 4.39 Å². The van der Waals surface area contributed by atoms with E-state index in [1.807, 2.05) is 6.92 Å². The monoisotopic (exact) mass is 264 g/mol. The van der Waals surface area contributed by atoms with Crippen molar-refractivity contribution in [3.05, 3.63) is 41.2 Å². The van der Waals surface area contributed by atoms with Crippen molar-refractivity contribution in [1.29, 1.82) is 0 Å². The molecule has 102 valence electrons. The van der Waals surface area contributed by atoms with Crippen molar-refractivity contribution in [2.45, 2.75) is 27.2 Å². The quantitative estimate of drug-likeness (QED) is 0.504. The maximum Gasteiger partial charge on any atom is 0.339 e. The lowest BCUT2D eigenvalue weighted by Crippen LogP contribution is -2.28. The summed E-state index contributed by atoms with van der Waals surface area (Å²) in [6.45, 7) is 5.24. The van der Waals surface area contributed by atoms with Gasteiger partial charge in [0.25, 0.3) is 0 Å². The molecule has 1 rings (SSSR count). The molecule has 0 aliphatic rings. The number of rotatable bonds is 5. The summed E-state index contributed by atoms with van der Waals surface area (Å²) >= 11 is 0. The van der Waals surface area contributed by atoms with Crippen molar-refractivity contribution in [1.82, 2.24) is 0 Å². The van der Waals surface area contributed by atoms with E-state index >= 15 is 0 Å². The number of Topliss-reactive ketones (excluding diaryl/α,β-unsaturated/α-hetero) is 1. The lowest BCUT2D eigenvalue weighted by atomic mass is 9.81. The van der Waals surface area contributed by atoms with Crippen LogP contribution in [0.1, 0.15) is 32.8 Å². The fraction of sp³-hybridized carbons (Fsp3) is 0.333. The van der Waals surface area contributed by atoms with Crippen molar-refractivity contribution in [2.24, 2.45) is 5.41 Å². The summed E-state index contributed by atoms with van der Waals surface area (Å²) in [5.41, 5.74) is -0.526. The summed E-state index contributed by atoms with van der Waals surface area (Å²) in [5.74, 6) is -2.10. The van der Waals surface area contributed by atoms with Crippen molar-refractivity contribution in [2.75, 3.05) is 0 Å². The summed E-state index contributed by atoms with van der Waals surface area (Å²) in [4.78, 5) is 23.4. The molecule has 3 nitrogen and oxygen atoms in total. The molecule has 19 heavy (non-hydrogen) atoms. The van der Waals surface area contributed by atoms with Crippen molar-refractivity contribution in [3.8, 4) is 0 Å². The average Bonchev–Trinajstić information content (AvgIpc) is 2.36. The molecule has 0 heterocycles. The minimum absolute atomic E-state index is 0.279. The van der Waals surface area contributed by atoms with Crippen LogP contribution in [-0.2, 0) is 9.59 Å². The molecule has 1 N–H and O–H groups in total. The van der Waals surface area contributed by atoms with Gasteiger partial charge in [0.05, 0.1) is 0 Å². The predicted molar refractivity (Wildman–Crippen MR) is 71.1 cm³/mol. The number of carbonyl (C=O) groups excluding carboxylic acids is 1. The van der Waals surface area contributed by atoms with Gasteiger partial charge in [-0.05, 0) is 30.2 Å². The molecule has 0 saturated carbocycles. The normalized spacial score (nSPS) is 12.3. The summed E-state index contributed by atoms with van der Waals surface area (Å²) in [7, 11) is 0. The van der Waals surface area contributed by atoms with E-state index in [4.69, 9.17) is 5.11 Å². The molecule has 4 heteroatoms. The van der Waals surface area contributed by atoms with Gasteiger partial charge in [0.1, 0.15) is 11.4 Å². The number of aliphatic carboxylic acids is 1. The first kappa shape index (κ1) is 15.1. The lowest BCUT2D eigenvalue weighted by molar-refractivity contribution is -0.136. The summed E-state index contributed by atoms with van der Waals surface area (Å²) in [6, 6.07) is 5.32. The van der Waals surface area contributed by atoms with E-state index < -0.39 is 23.0 Å². The first-order valence-electron chi connectivity index (χ1n) is 6.03. The molecule has 0 aliphatic carbocycles. The van der Waals surface area contributed by atoms with Crippen molar-refractivity contribution >= 4 is 17.8 Å². The molecule has 1 aromatic rings. The highest BCUT2D eigenvalue weighted by Gasteiger charge is 2.31. The Hall–Kier alpha value is -1.97. The number of benzene rings is 1. The van der Waals surface area contributed by atoms with Gasteiger partial charge in [-0.15, -0.1) is 0 Å². The summed E-state index contributed by atoms with van der Waals surface area (Å²) in [6.07, 6.45) is 1.82. The van der Waals surface area contributed by atoms with Crippen LogP contribution in [0, 0.1) is 11.2 Å². The second-order valence-electron chi connectivity index (χ2n) is 4.98. The van der Waals surface area contributed by atoms with Crippen LogP contribution in [0.2, 0.25) is 0 Å². The van der Waals surface area contributed by atoms with Crippen LogP contribution in [0.25, 0.3) is 6.08 Å². The largest absolute Gasteiger partial charge is 0.478 e. The van der Waals surface area contributed by atoms with Gasteiger partial charge in [-0.25, -0.2) is 9.18 Å². The van der Waals surface area contributed by atoms with Crippen LogP contribution in [0.5, 0.6) is 0 Å². The highest BCUT2D eigenvalue weighted by atomic mass is 19.1. The summed E-state index contributed by atoms with van der Waals surface area (Å²) < 4.78 is 12.8. The fourth-order valence-corrected chi connectivity index (χ4v) is 1.48. The number of hydrogen-bond acceptors (Lipinski definition) is 2. The third-order valence-electron chi connectivity index (χ3n) is 3.15. The van der Waals surface area contributed by atoms with E-state index in [9.17, 15) is 14.0 Å². The molecule has 0 saturated heterocycles. The highest BCUT2D eigenvalue weighted by Crippen LogP contribution is 2.26. The molecule has 0 atom stereocenters. The molecule has 0 amide bonds. The number of carboxylic acid groups (broad SMARTS) is 1. The van der Waals surface area contributed by atoms with E-state index in [0.717, 1.165) is 0 Å². The minimum Gasteiger partial charge on any atom is -0.478 e. The molecule has 0 spiro atoms. The van der Waals surface area contributed by atoms with Gasteiger partial charge in [-0.2, -0.15) is 0 Å². The molecule has 0 radical (unpaired) electrons. The molecule has 1 aromatic carbocycles. The van der Waals surface area contributed by atoms with Gasteiger partial charge >= 0.3 is 5.97 Å². The smallest absolute Gasteiger partial charge is 0.339 e. The number of carboxylic acids is 1. The molecular formula is C15H17FO3. The van der Waals surface area contributed by atoms with Crippen LogP contribution >= 0.6 is 0 Å². The van der Waals surface area contributed by atoms with Crippen LogP contribution < -0.4 is 0 Å². The van der Waals surface area contributed by atoms with Gasteiger partial charge in [-0.1, -0.05) is 32.9 Å². The molecule has 0 unspecified atom stereocenters. The van der Waals surface area contributed by atoms with Gasteiger partial charge in [0.15, 0.2) is 5.78 Å². The number of ketones is 1. The van der Waals surface area contributed by atoms with E-state index in [2.05, 4.69) is 0 Å². The zero-order valence-electron chi connectivity index (χ0n) is 11.2. The summed E-state index contributed by atoms with van der Waals surface area (Å²) in [5, 5.41) is 9.16. The Kier molecular flexibility index (Phi) is 4.59. The zero-order chi connectivity index (χ0) is 14.6. The highest BCUT2D eigenvalue weighted by molar-refractivity contribution is 6.21. The molecular weight excluding hydrogens is 247 g/mol. The Morgan fingerprint density at radius 2 is 1.79 bits per heavy atom. The first-order valence-corrected chi connectivity index (χ1v) is 6.03. The zero-order valence-corrected chi connectivity index (χ0v) is 11.2. The van der Waals surface area contributed by atoms with E-state index in [0.29, 0.717) is 12.0 Å². The number of carbonyl (C=O) groups is 2. The van der Waals surface area contributed by atoms with Crippen molar-refractivity contribution in [3.63, 3.8) is 0 Å². The Morgan fingerprint density at radius 3 is 2.21 bits per heavy atom. The van der Waals surface area contributed by atoms with Gasteiger partial charge in [0.2, 0.25) is 0 Å². The third kappa shape index (κ3) is 3.74. The molecule has 0 aliphatic heterocycles. The maximum absolute atomic E-state index is 12.8. The average molecular weight is 264 g/mol. The van der Waals surface area contributed by atoms with E-state index in [1.165, 1.54) is 30.3 Å². The topological polar surface area (TPSA) is 54.4 Å². The fourth-order valence-electron chi connectivity index (χ4n) is 1.48. The molecule has 0 fully saturated rings. The second kappa shape index (κ2) is 5.78. The standard InChI is InChI=1S/C15H17FO3/c1-4-15(2,3)13(17)12(14(18)19)9-10-5-7-11(16)8-6-10/h5-9H,4H2,1-3H3,(H,18,19). The number of hydrogen-bond donors (Lipinski definition) is 1. The lowest BCUT2D eigenvalue weighted by Gasteiger charge is -2.20. The SMILES string of the molecule is CCC(C)(C)C(=O)C(=Cc1ccc(F)cc1)C(=O)O. The Morgan fingerprint density at radius 1 is 1.26 bits per heavy atom. The maximum atomic E-state index is 12.8.